The average molecular weight is 712 g/mol. The first-order valence-corrected chi connectivity index (χ1v) is 11.6. The summed E-state index contributed by atoms with van der Waals surface area (Å²) in [5.41, 5.74) is 1.99. The Balaban J connectivity index is 2.09. The maximum absolute atomic E-state index is 4.34. The SMILES string of the molecule is Brc1ccc(-c2nnc(-c3ccc(Br)c(Br)c3Br)s2)c(Br)c1Br. The van der Waals surface area contributed by atoms with Crippen LogP contribution in [0.2, 0.25) is 0 Å². The zero-order chi connectivity index (χ0) is 16.7. The number of halogens is 6. The van der Waals surface area contributed by atoms with Gasteiger partial charge in [-0.05, 0) is 120 Å². The highest BCUT2D eigenvalue weighted by Gasteiger charge is 2.17. The van der Waals surface area contributed by atoms with Crippen molar-refractivity contribution >= 4 is 107 Å². The average Bonchev–Trinajstić information content (AvgIpc) is 3.00. The molecule has 0 atom stereocenters. The van der Waals surface area contributed by atoms with Crippen LogP contribution in [0, 0.1) is 0 Å². The van der Waals surface area contributed by atoms with Crippen LogP contribution in [-0.2, 0) is 0 Å². The van der Waals surface area contributed by atoms with Crippen LogP contribution in [0.1, 0.15) is 0 Å². The highest BCUT2D eigenvalue weighted by molar-refractivity contribution is 9.15. The number of aromatic nitrogens is 2. The summed E-state index contributed by atoms with van der Waals surface area (Å²) in [6, 6.07) is 7.99. The van der Waals surface area contributed by atoms with Gasteiger partial charge in [0.05, 0.1) is 0 Å². The maximum Gasteiger partial charge on any atom is 0.149 e. The van der Waals surface area contributed by atoms with Gasteiger partial charge in [0.1, 0.15) is 10.0 Å². The van der Waals surface area contributed by atoms with Crippen molar-refractivity contribution in [3.05, 3.63) is 51.1 Å². The first-order valence-electron chi connectivity index (χ1n) is 6.01. The molecule has 23 heavy (non-hydrogen) atoms. The van der Waals surface area contributed by atoms with Gasteiger partial charge in [-0.25, -0.2) is 0 Å². The Morgan fingerprint density at radius 3 is 1.35 bits per heavy atom. The van der Waals surface area contributed by atoms with Crippen molar-refractivity contribution in [2.45, 2.75) is 0 Å². The van der Waals surface area contributed by atoms with Crippen molar-refractivity contribution in [1.82, 2.24) is 10.2 Å². The van der Waals surface area contributed by atoms with Crippen molar-refractivity contribution in [2.24, 2.45) is 0 Å². The van der Waals surface area contributed by atoms with E-state index < -0.39 is 0 Å². The van der Waals surface area contributed by atoms with Gasteiger partial charge in [-0.3, -0.25) is 0 Å². The molecule has 3 aromatic rings. The van der Waals surface area contributed by atoms with Gasteiger partial charge in [0.2, 0.25) is 0 Å². The van der Waals surface area contributed by atoms with E-state index in [0.29, 0.717) is 0 Å². The highest BCUT2D eigenvalue weighted by Crippen LogP contribution is 2.43. The first-order chi connectivity index (χ1) is 10.9. The number of rotatable bonds is 2. The van der Waals surface area contributed by atoms with Crippen LogP contribution in [0.4, 0.5) is 0 Å². The lowest BCUT2D eigenvalue weighted by molar-refractivity contribution is 1.10. The normalized spacial score (nSPS) is 11.0. The summed E-state index contributed by atoms with van der Waals surface area (Å²) in [6.45, 7) is 0. The Kier molecular flexibility index (Phi) is 6.19. The minimum atomic E-state index is 0.853. The number of nitrogens with zero attached hydrogens (tertiary/aromatic N) is 2. The molecule has 0 amide bonds. The Bertz CT molecular complexity index is 837. The van der Waals surface area contributed by atoms with Gasteiger partial charge >= 0.3 is 0 Å². The number of hydrogen-bond donors (Lipinski definition) is 0. The van der Waals surface area contributed by atoms with E-state index >= 15 is 0 Å². The highest BCUT2D eigenvalue weighted by atomic mass is 79.9. The second-order valence-corrected chi connectivity index (χ2v) is 10.2. The Morgan fingerprint density at radius 1 is 0.565 bits per heavy atom. The van der Waals surface area contributed by atoms with Crippen molar-refractivity contribution < 1.29 is 0 Å². The molecule has 0 spiro atoms. The largest absolute Gasteiger partial charge is 0.149 e. The van der Waals surface area contributed by atoms with Gasteiger partial charge in [0.25, 0.3) is 0 Å². The molecule has 1 aromatic heterocycles. The number of hydrogen-bond acceptors (Lipinski definition) is 3. The molecule has 0 bridgehead atoms. The van der Waals surface area contributed by atoms with Crippen LogP contribution in [0.3, 0.4) is 0 Å². The predicted octanol–water partition coefficient (Wildman–Crippen LogP) is 8.45. The summed E-state index contributed by atoms with van der Waals surface area (Å²) in [5, 5.41) is 10.4. The molecule has 0 unspecified atom stereocenters. The van der Waals surface area contributed by atoms with E-state index in [2.05, 4.69) is 106 Å². The van der Waals surface area contributed by atoms with Crippen molar-refractivity contribution in [2.75, 3.05) is 0 Å². The van der Waals surface area contributed by atoms with Crippen LogP contribution in [0.15, 0.2) is 51.1 Å². The van der Waals surface area contributed by atoms with Gasteiger partial charge in [-0.15, -0.1) is 10.2 Å². The van der Waals surface area contributed by atoms with E-state index in [0.717, 1.165) is 48.0 Å². The second-order valence-electron chi connectivity index (χ2n) is 4.36. The van der Waals surface area contributed by atoms with Crippen molar-refractivity contribution in [3.63, 3.8) is 0 Å². The van der Waals surface area contributed by atoms with Crippen molar-refractivity contribution in [3.8, 4) is 21.1 Å². The number of benzene rings is 2. The second kappa shape index (κ2) is 7.63. The zero-order valence-electron chi connectivity index (χ0n) is 10.9. The van der Waals surface area contributed by atoms with E-state index in [1.807, 2.05) is 24.3 Å². The Hall–Kier alpha value is 0.880. The molecule has 0 aliphatic heterocycles. The minimum Gasteiger partial charge on any atom is -0.138 e. The summed E-state index contributed by atoms with van der Waals surface area (Å²) in [6.07, 6.45) is 0. The lowest BCUT2D eigenvalue weighted by Crippen LogP contribution is -1.82. The van der Waals surface area contributed by atoms with Gasteiger partial charge < -0.3 is 0 Å². The summed E-state index contributed by atoms with van der Waals surface area (Å²) in [5.74, 6) is 0. The van der Waals surface area contributed by atoms with E-state index in [4.69, 9.17) is 0 Å². The summed E-state index contributed by atoms with van der Waals surface area (Å²) in [4.78, 5) is 0. The van der Waals surface area contributed by atoms with Crippen LogP contribution in [0.5, 0.6) is 0 Å². The summed E-state index contributed by atoms with van der Waals surface area (Å²) < 4.78 is 5.78. The monoisotopic (exact) mass is 706 g/mol. The van der Waals surface area contributed by atoms with E-state index in [1.165, 1.54) is 0 Å². The smallest absolute Gasteiger partial charge is 0.138 e. The van der Waals surface area contributed by atoms with Crippen LogP contribution in [-0.4, -0.2) is 10.2 Å². The first kappa shape index (κ1) is 18.7. The third-order valence-corrected chi connectivity index (χ3v) is 10.7. The molecule has 9 heteroatoms. The fourth-order valence-corrected chi connectivity index (χ4v) is 5.94. The molecule has 1 heterocycles. The van der Waals surface area contributed by atoms with Gasteiger partial charge in [0, 0.05) is 38.0 Å². The van der Waals surface area contributed by atoms with Crippen LogP contribution in [0.25, 0.3) is 21.1 Å². The van der Waals surface area contributed by atoms with Crippen LogP contribution >= 0.6 is 107 Å². The maximum atomic E-state index is 4.34. The molecule has 2 aromatic carbocycles. The molecule has 118 valence electrons. The quantitative estimate of drug-likeness (QED) is 0.250. The Morgan fingerprint density at radius 2 is 0.957 bits per heavy atom. The predicted molar refractivity (Wildman–Crippen MR) is 117 cm³/mol. The molecule has 0 radical (unpaired) electrons. The standard InChI is InChI=1S/C14H4Br6N2S/c15-7-3-1-5(9(17)11(7)19)13-21-22-14(23-13)6-2-4-8(16)12(20)10(6)18/h1-4H. The Labute approximate surface area is 187 Å². The molecule has 0 aliphatic rings. The lowest BCUT2D eigenvalue weighted by Gasteiger charge is -2.05. The minimum absolute atomic E-state index is 0.853. The molecule has 0 fully saturated rings. The van der Waals surface area contributed by atoms with Gasteiger partial charge in [-0.1, -0.05) is 11.3 Å². The fourth-order valence-electron chi connectivity index (χ4n) is 1.82. The molecule has 0 saturated heterocycles. The fraction of sp³-hybridized carbons (Fsp3) is 0. The molecule has 0 aliphatic carbocycles. The third kappa shape index (κ3) is 3.71. The summed E-state index contributed by atoms with van der Waals surface area (Å²) in [7, 11) is 0. The molecule has 0 saturated carbocycles. The molecular weight excluding hydrogens is 708 g/mol. The summed E-state index contributed by atoms with van der Waals surface area (Å²) >= 11 is 22.8. The molecule has 0 N–H and O–H groups in total. The van der Waals surface area contributed by atoms with Gasteiger partial charge in [-0.2, -0.15) is 0 Å². The van der Waals surface area contributed by atoms with E-state index in [-0.39, 0.29) is 0 Å². The molecule has 3 rings (SSSR count). The lowest BCUT2D eigenvalue weighted by atomic mass is 10.2. The zero-order valence-corrected chi connectivity index (χ0v) is 21.2. The van der Waals surface area contributed by atoms with E-state index in [9.17, 15) is 0 Å². The third-order valence-electron chi connectivity index (χ3n) is 2.96. The van der Waals surface area contributed by atoms with Crippen molar-refractivity contribution in [1.29, 1.82) is 0 Å². The van der Waals surface area contributed by atoms with E-state index in [1.54, 1.807) is 11.3 Å². The van der Waals surface area contributed by atoms with Crippen LogP contribution < -0.4 is 0 Å². The molecular formula is C14H4Br6N2S. The molecule has 2 nitrogen and oxygen atoms in total. The topological polar surface area (TPSA) is 25.8 Å². The van der Waals surface area contributed by atoms with Gasteiger partial charge in [0.15, 0.2) is 0 Å².